The predicted octanol–water partition coefficient (Wildman–Crippen LogP) is 7.53. The minimum atomic E-state index is 1.12. The number of rotatable bonds is 3. The molecule has 2 heteroatoms. The Hall–Kier alpha value is -2.84. The summed E-state index contributed by atoms with van der Waals surface area (Å²) in [5, 5.41) is 6.21. The van der Waals surface area contributed by atoms with Gasteiger partial charge in [0.2, 0.25) is 0 Å². The quantitative estimate of drug-likeness (QED) is 0.401. The molecule has 5 rings (SSSR count). The molecule has 0 spiro atoms. The van der Waals surface area contributed by atoms with Crippen LogP contribution in [0.15, 0.2) is 85.0 Å². The third-order valence-electron chi connectivity index (χ3n) is 4.88. The zero-order valence-electron chi connectivity index (χ0n) is 14.4. The molecule has 26 heavy (non-hydrogen) atoms. The second-order valence-electron chi connectivity index (χ2n) is 6.65. The van der Waals surface area contributed by atoms with E-state index in [1.807, 2.05) is 11.3 Å². The van der Waals surface area contributed by atoms with Gasteiger partial charge in [0.05, 0.1) is 0 Å². The predicted molar refractivity (Wildman–Crippen MR) is 115 cm³/mol. The summed E-state index contributed by atoms with van der Waals surface area (Å²) in [6.45, 7) is 0. The summed E-state index contributed by atoms with van der Waals surface area (Å²) in [6, 6.07) is 24.0. The molecular formula is C24H19NS. The number of benzene rings is 3. The third-order valence-corrected chi connectivity index (χ3v) is 6.03. The highest BCUT2D eigenvalue weighted by atomic mass is 32.1. The fraction of sp³-hybridized carbons (Fsp3) is 0.0833. The number of anilines is 2. The van der Waals surface area contributed by atoms with Crippen LogP contribution in [0.2, 0.25) is 0 Å². The van der Waals surface area contributed by atoms with Crippen molar-refractivity contribution in [1.29, 1.82) is 0 Å². The van der Waals surface area contributed by atoms with Gasteiger partial charge < -0.3 is 5.32 Å². The molecule has 0 fully saturated rings. The molecule has 1 heterocycles. The molecule has 0 saturated heterocycles. The zero-order chi connectivity index (χ0) is 17.3. The monoisotopic (exact) mass is 353 g/mol. The molecule has 1 nitrogen and oxygen atoms in total. The molecule has 1 aliphatic rings. The van der Waals surface area contributed by atoms with Crippen LogP contribution < -0.4 is 5.32 Å². The van der Waals surface area contributed by atoms with E-state index in [0.29, 0.717) is 0 Å². The molecule has 126 valence electrons. The minimum Gasteiger partial charge on any atom is -0.356 e. The van der Waals surface area contributed by atoms with E-state index in [9.17, 15) is 0 Å². The molecule has 0 bridgehead atoms. The summed E-state index contributed by atoms with van der Waals surface area (Å²) < 4.78 is 2.68. The normalized spacial score (nSPS) is 13.9. The second-order valence-corrected chi connectivity index (χ2v) is 7.73. The third kappa shape index (κ3) is 2.83. The van der Waals surface area contributed by atoms with E-state index in [2.05, 4.69) is 90.3 Å². The van der Waals surface area contributed by atoms with Gasteiger partial charge in [0.25, 0.3) is 0 Å². The molecule has 0 saturated carbocycles. The Morgan fingerprint density at radius 1 is 0.731 bits per heavy atom. The van der Waals surface area contributed by atoms with Gasteiger partial charge in [-0.2, -0.15) is 0 Å². The number of thiophene rings is 1. The van der Waals surface area contributed by atoms with Crippen LogP contribution in [-0.4, -0.2) is 0 Å². The van der Waals surface area contributed by atoms with Gasteiger partial charge in [-0.05, 0) is 60.4 Å². The summed E-state index contributed by atoms with van der Waals surface area (Å²) in [6.07, 6.45) is 9.09. The number of fused-ring (bicyclic) bond motifs is 3. The van der Waals surface area contributed by atoms with Crippen LogP contribution in [0.3, 0.4) is 0 Å². The first-order valence-corrected chi connectivity index (χ1v) is 9.84. The van der Waals surface area contributed by atoms with Crippen LogP contribution in [0, 0.1) is 0 Å². The van der Waals surface area contributed by atoms with E-state index >= 15 is 0 Å². The molecular weight excluding hydrogens is 334 g/mol. The number of hydrogen-bond acceptors (Lipinski definition) is 2. The van der Waals surface area contributed by atoms with Crippen LogP contribution in [0.25, 0.3) is 25.7 Å². The molecule has 1 aromatic heterocycles. The summed E-state index contributed by atoms with van der Waals surface area (Å²) in [7, 11) is 0. The average Bonchev–Trinajstić information content (AvgIpc) is 3.07. The highest BCUT2D eigenvalue weighted by Gasteiger charge is 2.06. The van der Waals surface area contributed by atoms with Gasteiger partial charge in [-0.1, -0.05) is 48.6 Å². The van der Waals surface area contributed by atoms with Crippen molar-refractivity contribution < 1.29 is 0 Å². The van der Waals surface area contributed by atoms with Crippen molar-refractivity contribution in [2.45, 2.75) is 12.8 Å². The van der Waals surface area contributed by atoms with Crippen LogP contribution >= 0.6 is 11.3 Å². The summed E-state index contributed by atoms with van der Waals surface area (Å²) in [5.74, 6) is 0. The van der Waals surface area contributed by atoms with Crippen LogP contribution in [0.1, 0.15) is 18.4 Å². The van der Waals surface area contributed by atoms with Crippen LogP contribution in [0.4, 0.5) is 11.4 Å². The van der Waals surface area contributed by atoms with Crippen molar-refractivity contribution in [2.75, 3.05) is 5.32 Å². The first-order chi connectivity index (χ1) is 12.9. The van der Waals surface area contributed by atoms with Crippen molar-refractivity contribution in [1.82, 2.24) is 0 Å². The van der Waals surface area contributed by atoms with Gasteiger partial charge in [-0.15, -0.1) is 11.3 Å². The Kier molecular flexibility index (Phi) is 3.84. The Morgan fingerprint density at radius 2 is 1.54 bits per heavy atom. The lowest BCUT2D eigenvalue weighted by atomic mass is 9.99. The molecule has 3 aromatic carbocycles. The van der Waals surface area contributed by atoms with Crippen molar-refractivity contribution in [3.05, 3.63) is 90.5 Å². The van der Waals surface area contributed by atoms with Gasteiger partial charge >= 0.3 is 0 Å². The lowest BCUT2D eigenvalue weighted by Gasteiger charge is -2.10. The standard InChI is InChI=1S/C24H19NS/c1-2-6-17(7-3-1)18-10-12-19(13-11-18)25-20-14-15-24-22(16-20)21-8-4-5-9-23(21)26-24/h2,4-16,25H,1,3H2. The number of hydrogen-bond donors (Lipinski definition) is 1. The maximum atomic E-state index is 3.55. The highest BCUT2D eigenvalue weighted by molar-refractivity contribution is 7.25. The fourth-order valence-electron chi connectivity index (χ4n) is 3.54. The molecule has 0 amide bonds. The zero-order valence-corrected chi connectivity index (χ0v) is 15.2. The lowest BCUT2D eigenvalue weighted by molar-refractivity contribution is 1.04. The second kappa shape index (κ2) is 6.47. The van der Waals surface area contributed by atoms with Crippen LogP contribution in [-0.2, 0) is 0 Å². The van der Waals surface area contributed by atoms with Crippen molar-refractivity contribution in [3.8, 4) is 0 Å². The lowest BCUT2D eigenvalue weighted by Crippen LogP contribution is -1.91. The molecule has 0 radical (unpaired) electrons. The van der Waals surface area contributed by atoms with Crippen molar-refractivity contribution >= 4 is 48.5 Å². The van der Waals surface area contributed by atoms with Gasteiger partial charge in [-0.25, -0.2) is 0 Å². The van der Waals surface area contributed by atoms with Gasteiger partial charge in [0, 0.05) is 31.5 Å². The molecule has 4 aromatic rings. The topological polar surface area (TPSA) is 12.0 Å². The Morgan fingerprint density at radius 3 is 2.38 bits per heavy atom. The first-order valence-electron chi connectivity index (χ1n) is 9.02. The average molecular weight is 353 g/mol. The first kappa shape index (κ1) is 15.4. The Labute approximate surface area is 157 Å². The summed E-state index contributed by atoms with van der Waals surface area (Å²) in [5.41, 5.74) is 4.86. The minimum absolute atomic E-state index is 1.12. The number of allylic oxidation sites excluding steroid dienone is 4. The fourth-order valence-corrected chi connectivity index (χ4v) is 4.63. The van der Waals surface area contributed by atoms with Crippen molar-refractivity contribution in [3.63, 3.8) is 0 Å². The molecule has 1 aliphatic carbocycles. The van der Waals surface area contributed by atoms with E-state index in [0.717, 1.165) is 24.2 Å². The Balaban J connectivity index is 1.44. The van der Waals surface area contributed by atoms with E-state index in [1.165, 1.54) is 31.3 Å². The summed E-state index contributed by atoms with van der Waals surface area (Å²) >= 11 is 1.85. The largest absolute Gasteiger partial charge is 0.356 e. The van der Waals surface area contributed by atoms with E-state index in [-0.39, 0.29) is 0 Å². The van der Waals surface area contributed by atoms with E-state index in [4.69, 9.17) is 0 Å². The van der Waals surface area contributed by atoms with Gasteiger partial charge in [-0.3, -0.25) is 0 Å². The van der Waals surface area contributed by atoms with E-state index < -0.39 is 0 Å². The smallest absolute Gasteiger partial charge is 0.0391 e. The number of nitrogens with one attached hydrogen (secondary N) is 1. The molecule has 0 aliphatic heterocycles. The van der Waals surface area contributed by atoms with Crippen LogP contribution in [0.5, 0.6) is 0 Å². The van der Waals surface area contributed by atoms with E-state index in [1.54, 1.807) is 0 Å². The molecule has 1 N–H and O–H groups in total. The SMILES string of the molecule is C1=CC(c2ccc(Nc3ccc4sc5ccccc5c4c3)cc2)=CCC1. The van der Waals surface area contributed by atoms with Gasteiger partial charge in [0.1, 0.15) is 0 Å². The maximum absolute atomic E-state index is 3.55. The Bertz CT molecular complexity index is 1150. The molecule has 0 unspecified atom stereocenters. The summed E-state index contributed by atoms with van der Waals surface area (Å²) in [4.78, 5) is 0. The maximum Gasteiger partial charge on any atom is 0.0391 e. The van der Waals surface area contributed by atoms with Gasteiger partial charge in [0.15, 0.2) is 0 Å². The highest BCUT2D eigenvalue weighted by Crippen LogP contribution is 2.35. The van der Waals surface area contributed by atoms with Crippen molar-refractivity contribution in [2.24, 2.45) is 0 Å². The molecule has 0 atom stereocenters.